The Morgan fingerprint density at radius 1 is 1.26 bits per heavy atom. The van der Waals surface area contributed by atoms with E-state index in [0.29, 0.717) is 5.56 Å². The lowest BCUT2D eigenvalue weighted by Gasteiger charge is -1.97. The molecule has 0 aliphatic carbocycles. The molecule has 2 aromatic rings. The summed E-state index contributed by atoms with van der Waals surface area (Å²) in [4.78, 5) is 14.0. The lowest BCUT2D eigenvalue weighted by atomic mass is 10.1. The Bertz CT molecular complexity index is 590. The van der Waals surface area contributed by atoms with E-state index in [2.05, 4.69) is 9.40 Å². The Morgan fingerprint density at radius 3 is 2.42 bits per heavy atom. The molecule has 0 aliphatic heterocycles. The molecule has 0 saturated carbocycles. The number of nitrogens with zero attached hydrogens (tertiary/aromatic N) is 1. The number of hydrogen-bond acceptors (Lipinski definition) is 3. The molecule has 7 heteroatoms. The van der Waals surface area contributed by atoms with Gasteiger partial charge in [-0.25, -0.2) is 4.98 Å². The average molecular weight is 271 g/mol. The van der Waals surface area contributed by atoms with Crippen LogP contribution in [0.4, 0.5) is 13.2 Å². The minimum absolute atomic E-state index is 0.102. The molecule has 0 saturated heterocycles. The van der Waals surface area contributed by atoms with Crippen molar-refractivity contribution >= 4 is 5.97 Å². The maximum atomic E-state index is 12.5. The first kappa shape index (κ1) is 13.1. The molecule has 4 nitrogen and oxygen atoms in total. The number of aromatic nitrogens is 1. The van der Waals surface area contributed by atoms with Crippen molar-refractivity contribution in [2.75, 3.05) is 0 Å². The quantitative estimate of drug-likeness (QED) is 0.932. The first-order valence-corrected chi connectivity index (χ1v) is 5.22. The summed E-state index contributed by atoms with van der Waals surface area (Å²) in [6.07, 6.45) is -5.41. The monoisotopic (exact) mass is 271 g/mol. The molecule has 0 bridgehead atoms. The summed E-state index contributed by atoms with van der Waals surface area (Å²) in [5, 5.41) is 8.68. The summed E-state index contributed by atoms with van der Waals surface area (Å²) in [6, 6.07) is 7.97. The van der Waals surface area contributed by atoms with Gasteiger partial charge in [0.1, 0.15) is 17.9 Å². The van der Waals surface area contributed by atoms with Crippen LogP contribution in [0.25, 0.3) is 11.3 Å². The van der Waals surface area contributed by atoms with Crippen LogP contribution in [-0.2, 0) is 17.4 Å². The van der Waals surface area contributed by atoms with Gasteiger partial charge in [0.05, 0.1) is 0 Å². The third kappa shape index (κ3) is 2.93. The Labute approximate surface area is 105 Å². The highest BCUT2D eigenvalue weighted by Crippen LogP contribution is 2.33. The Hall–Kier alpha value is -2.31. The van der Waals surface area contributed by atoms with Gasteiger partial charge in [-0.3, -0.25) is 4.79 Å². The van der Waals surface area contributed by atoms with Crippen LogP contribution in [0.15, 0.2) is 34.7 Å². The highest BCUT2D eigenvalue weighted by molar-refractivity contribution is 5.73. The van der Waals surface area contributed by atoms with Gasteiger partial charge in [-0.1, -0.05) is 30.3 Å². The number of oxazole rings is 1. The van der Waals surface area contributed by atoms with Crippen LogP contribution in [-0.4, -0.2) is 16.1 Å². The summed E-state index contributed by atoms with van der Waals surface area (Å²) in [7, 11) is 0. The maximum Gasteiger partial charge on any atom is 0.468 e. The number of hydrogen-bond donors (Lipinski definition) is 1. The maximum absolute atomic E-state index is 12.5. The fourth-order valence-electron chi connectivity index (χ4n) is 1.55. The first-order valence-electron chi connectivity index (χ1n) is 5.22. The van der Waals surface area contributed by atoms with E-state index in [1.165, 1.54) is 12.1 Å². The fraction of sp³-hybridized carbons (Fsp3) is 0.167. The van der Waals surface area contributed by atoms with Crippen LogP contribution < -0.4 is 0 Å². The molecule has 19 heavy (non-hydrogen) atoms. The van der Waals surface area contributed by atoms with Crippen molar-refractivity contribution < 1.29 is 27.5 Å². The predicted octanol–water partition coefficient (Wildman–Crippen LogP) is 2.99. The standard InChI is InChI=1S/C12H8F3NO3/c13-12(14,15)11-16-10(7-4-2-1-3-5-7)8(19-11)6-9(17)18/h1-5H,6H2,(H,17,18). The Kier molecular flexibility index (Phi) is 3.28. The molecule has 0 atom stereocenters. The number of alkyl halides is 3. The highest BCUT2D eigenvalue weighted by Gasteiger charge is 2.38. The summed E-state index contributed by atoms with van der Waals surface area (Å²) in [6.45, 7) is 0. The van der Waals surface area contributed by atoms with Crippen molar-refractivity contribution in [1.82, 2.24) is 4.98 Å². The van der Waals surface area contributed by atoms with Crippen molar-refractivity contribution in [2.24, 2.45) is 0 Å². The third-order valence-electron chi connectivity index (χ3n) is 2.30. The summed E-state index contributed by atoms with van der Waals surface area (Å²) >= 11 is 0. The van der Waals surface area contributed by atoms with Crippen molar-refractivity contribution in [3.8, 4) is 11.3 Å². The zero-order valence-corrected chi connectivity index (χ0v) is 9.44. The minimum Gasteiger partial charge on any atom is -0.481 e. The fourth-order valence-corrected chi connectivity index (χ4v) is 1.55. The number of carbonyl (C=O) groups is 1. The SMILES string of the molecule is O=C(O)Cc1oc(C(F)(F)F)nc1-c1ccccc1. The van der Waals surface area contributed by atoms with Gasteiger partial charge < -0.3 is 9.52 Å². The lowest BCUT2D eigenvalue weighted by molar-refractivity contribution is -0.158. The number of carboxylic acid groups (broad SMARTS) is 1. The number of aliphatic carboxylic acids is 1. The van der Waals surface area contributed by atoms with Crippen LogP contribution in [0, 0.1) is 0 Å². The van der Waals surface area contributed by atoms with Gasteiger partial charge in [0.25, 0.3) is 0 Å². The molecule has 0 spiro atoms. The largest absolute Gasteiger partial charge is 0.481 e. The summed E-state index contributed by atoms with van der Waals surface area (Å²) in [5.41, 5.74) is 0.272. The van der Waals surface area contributed by atoms with E-state index in [-0.39, 0.29) is 11.5 Å². The van der Waals surface area contributed by atoms with E-state index in [4.69, 9.17) is 5.11 Å². The molecular weight excluding hydrogens is 263 g/mol. The second-order valence-electron chi connectivity index (χ2n) is 3.73. The van der Waals surface area contributed by atoms with E-state index in [0.717, 1.165) is 0 Å². The predicted molar refractivity (Wildman–Crippen MR) is 58.3 cm³/mol. The van der Waals surface area contributed by atoms with E-state index in [1.807, 2.05) is 0 Å². The average Bonchev–Trinajstić information content (AvgIpc) is 2.73. The Balaban J connectivity index is 2.52. The van der Waals surface area contributed by atoms with Crippen molar-refractivity contribution in [3.05, 3.63) is 42.0 Å². The smallest absolute Gasteiger partial charge is 0.468 e. The molecule has 100 valence electrons. The number of benzene rings is 1. The van der Waals surface area contributed by atoms with Crippen LogP contribution in [0.1, 0.15) is 11.7 Å². The number of halogens is 3. The van der Waals surface area contributed by atoms with Gasteiger partial charge >= 0.3 is 18.0 Å². The highest BCUT2D eigenvalue weighted by atomic mass is 19.4. The summed E-state index contributed by atoms with van der Waals surface area (Å²) in [5.74, 6) is -3.05. The molecular formula is C12H8F3NO3. The molecule has 1 N–H and O–H groups in total. The van der Waals surface area contributed by atoms with E-state index in [1.54, 1.807) is 18.2 Å². The number of rotatable bonds is 3. The van der Waals surface area contributed by atoms with Gasteiger partial charge in [0.2, 0.25) is 0 Å². The van der Waals surface area contributed by atoms with Crippen LogP contribution in [0.5, 0.6) is 0 Å². The first-order chi connectivity index (χ1) is 8.88. The van der Waals surface area contributed by atoms with Crippen LogP contribution >= 0.6 is 0 Å². The Morgan fingerprint density at radius 2 is 1.89 bits per heavy atom. The second kappa shape index (κ2) is 4.75. The molecule has 0 aliphatic rings. The zero-order valence-electron chi connectivity index (χ0n) is 9.44. The molecule has 0 amide bonds. The van der Waals surface area contributed by atoms with E-state index in [9.17, 15) is 18.0 Å². The van der Waals surface area contributed by atoms with Gasteiger partial charge in [-0.15, -0.1) is 0 Å². The second-order valence-corrected chi connectivity index (χ2v) is 3.73. The van der Waals surface area contributed by atoms with Gasteiger partial charge in [0.15, 0.2) is 0 Å². The normalized spacial score (nSPS) is 11.5. The zero-order chi connectivity index (χ0) is 14.0. The molecule has 2 rings (SSSR count). The molecule has 0 unspecified atom stereocenters. The minimum atomic E-state index is -4.75. The lowest BCUT2D eigenvalue weighted by Crippen LogP contribution is -2.04. The topological polar surface area (TPSA) is 63.3 Å². The van der Waals surface area contributed by atoms with E-state index >= 15 is 0 Å². The molecule has 1 aromatic heterocycles. The molecule has 1 aromatic carbocycles. The van der Waals surface area contributed by atoms with Crippen LogP contribution in [0.2, 0.25) is 0 Å². The van der Waals surface area contributed by atoms with Gasteiger partial charge in [-0.05, 0) is 0 Å². The number of carboxylic acids is 1. The third-order valence-corrected chi connectivity index (χ3v) is 2.30. The molecule has 1 heterocycles. The molecule has 0 fully saturated rings. The van der Waals surface area contributed by atoms with Gasteiger partial charge in [-0.2, -0.15) is 13.2 Å². The van der Waals surface area contributed by atoms with Crippen molar-refractivity contribution in [2.45, 2.75) is 12.6 Å². The van der Waals surface area contributed by atoms with Crippen LogP contribution in [0.3, 0.4) is 0 Å². The van der Waals surface area contributed by atoms with Gasteiger partial charge in [0, 0.05) is 5.56 Å². The van der Waals surface area contributed by atoms with E-state index < -0.39 is 24.5 Å². The van der Waals surface area contributed by atoms with Crippen molar-refractivity contribution in [1.29, 1.82) is 0 Å². The van der Waals surface area contributed by atoms with Crippen molar-refractivity contribution in [3.63, 3.8) is 0 Å². The summed E-state index contributed by atoms with van der Waals surface area (Å²) < 4.78 is 42.1. The molecule has 0 radical (unpaired) electrons.